The van der Waals surface area contributed by atoms with Crippen molar-refractivity contribution in [2.45, 2.75) is 12.8 Å². The van der Waals surface area contributed by atoms with Crippen LogP contribution in [0.25, 0.3) is 6.08 Å². The molecule has 1 fully saturated rings. The van der Waals surface area contributed by atoms with Crippen molar-refractivity contribution in [2.24, 2.45) is 5.92 Å². The van der Waals surface area contributed by atoms with E-state index in [1.807, 2.05) is 0 Å². The van der Waals surface area contributed by atoms with Gasteiger partial charge in [-0.05, 0) is 36.6 Å². The monoisotopic (exact) mass is 249 g/mol. The maximum absolute atomic E-state index is 13.6. The van der Waals surface area contributed by atoms with Gasteiger partial charge in [0.05, 0.1) is 5.69 Å². The molecule has 1 aromatic rings. The molecule has 2 rings (SSSR count). The number of anilines is 1. The normalized spacial score (nSPS) is 14.7. The number of carbonyl (C=O) groups excluding carboxylic acids is 1. The van der Waals surface area contributed by atoms with Gasteiger partial charge in [0.25, 0.3) is 0 Å². The molecule has 1 saturated carbocycles. The van der Waals surface area contributed by atoms with Crippen LogP contribution in [0.3, 0.4) is 0 Å². The van der Waals surface area contributed by atoms with Crippen molar-refractivity contribution in [1.82, 2.24) is 0 Å². The highest BCUT2D eigenvalue weighted by molar-refractivity contribution is 5.94. The SMILES string of the molecule is O=C(O)C=Cc1ccc(NC(=O)C2CC2)c(F)c1. The van der Waals surface area contributed by atoms with Crippen LogP contribution in [0.4, 0.5) is 10.1 Å². The Balaban J connectivity index is 2.09. The Bertz CT molecular complexity index is 521. The number of hydrogen-bond acceptors (Lipinski definition) is 2. The molecule has 1 aromatic carbocycles. The highest BCUT2D eigenvalue weighted by Gasteiger charge is 2.29. The summed E-state index contributed by atoms with van der Waals surface area (Å²) in [4.78, 5) is 21.8. The molecule has 0 atom stereocenters. The van der Waals surface area contributed by atoms with Crippen LogP contribution >= 0.6 is 0 Å². The molecule has 0 saturated heterocycles. The third-order valence-corrected chi connectivity index (χ3v) is 2.62. The molecule has 0 radical (unpaired) electrons. The first-order valence-corrected chi connectivity index (χ1v) is 5.57. The number of carboxylic acid groups (broad SMARTS) is 1. The molecule has 18 heavy (non-hydrogen) atoms. The van der Waals surface area contributed by atoms with Gasteiger partial charge in [-0.3, -0.25) is 4.79 Å². The number of benzene rings is 1. The van der Waals surface area contributed by atoms with Gasteiger partial charge in [-0.25, -0.2) is 9.18 Å². The summed E-state index contributed by atoms with van der Waals surface area (Å²) in [5.41, 5.74) is 0.554. The van der Waals surface area contributed by atoms with E-state index in [1.165, 1.54) is 18.2 Å². The first-order chi connectivity index (χ1) is 8.56. The topological polar surface area (TPSA) is 66.4 Å². The number of carbonyl (C=O) groups is 2. The van der Waals surface area contributed by atoms with Crippen molar-refractivity contribution in [3.63, 3.8) is 0 Å². The van der Waals surface area contributed by atoms with Crippen LogP contribution in [0.5, 0.6) is 0 Å². The standard InChI is InChI=1S/C13H12FNO3/c14-10-7-8(2-6-12(16)17)1-5-11(10)15-13(18)9-3-4-9/h1-2,5-7,9H,3-4H2,(H,15,18)(H,16,17). The van der Waals surface area contributed by atoms with Gasteiger partial charge in [0.15, 0.2) is 0 Å². The third kappa shape index (κ3) is 3.16. The van der Waals surface area contributed by atoms with Gasteiger partial charge in [0, 0.05) is 12.0 Å². The van der Waals surface area contributed by atoms with Crippen LogP contribution in [0.1, 0.15) is 18.4 Å². The Morgan fingerprint density at radius 3 is 2.67 bits per heavy atom. The molecule has 1 aliphatic rings. The zero-order valence-corrected chi connectivity index (χ0v) is 9.52. The van der Waals surface area contributed by atoms with E-state index in [1.54, 1.807) is 6.07 Å². The quantitative estimate of drug-likeness (QED) is 0.804. The zero-order valence-electron chi connectivity index (χ0n) is 9.52. The Morgan fingerprint density at radius 2 is 2.11 bits per heavy atom. The molecule has 2 N–H and O–H groups in total. The zero-order chi connectivity index (χ0) is 13.1. The summed E-state index contributed by atoms with van der Waals surface area (Å²) in [7, 11) is 0. The fraction of sp³-hybridized carbons (Fsp3) is 0.231. The minimum absolute atomic E-state index is 0.0102. The van der Waals surface area contributed by atoms with E-state index in [0.717, 1.165) is 18.9 Å². The van der Waals surface area contributed by atoms with Crippen LogP contribution < -0.4 is 5.32 Å². The molecule has 0 unspecified atom stereocenters. The number of halogens is 1. The minimum atomic E-state index is -1.10. The van der Waals surface area contributed by atoms with Crippen molar-refractivity contribution >= 4 is 23.6 Å². The molecule has 0 spiro atoms. The fourth-order valence-electron chi connectivity index (χ4n) is 1.48. The first kappa shape index (κ1) is 12.3. The van der Waals surface area contributed by atoms with E-state index in [4.69, 9.17) is 5.11 Å². The lowest BCUT2D eigenvalue weighted by Crippen LogP contribution is -2.14. The van der Waals surface area contributed by atoms with E-state index in [9.17, 15) is 14.0 Å². The average molecular weight is 249 g/mol. The largest absolute Gasteiger partial charge is 0.478 e. The van der Waals surface area contributed by atoms with Gasteiger partial charge in [0.2, 0.25) is 5.91 Å². The maximum atomic E-state index is 13.6. The van der Waals surface area contributed by atoms with E-state index in [-0.39, 0.29) is 17.5 Å². The van der Waals surface area contributed by atoms with E-state index in [2.05, 4.69) is 5.32 Å². The molecule has 94 valence electrons. The van der Waals surface area contributed by atoms with Crippen molar-refractivity contribution < 1.29 is 19.1 Å². The van der Waals surface area contributed by atoms with Gasteiger partial charge in [-0.15, -0.1) is 0 Å². The second-order valence-corrected chi connectivity index (χ2v) is 4.17. The summed E-state index contributed by atoms with van der Waals surface area (Å²) in [5, 5.41) is 11.0. The van der Waals surface area contributed by atoms with E-state index in [0.29, 0.717) is 5.56 Å². The summed E-state index contributed by atoms with van der Waals surface area (Å²) in [6.45, 7) is 0. The average Bonchev–Trinajstić information content (AvgIpc) is 3.13. The highest BCUT2D eigenvalue weighted by Crippen LogP contribution is 2.30. The van der Waals surface area contributed by atoms with Crippen LogP contribution in [0.15, 0.2) is 24.3 Å². The summed E-state index contributed by atoms with van der Waals surface area (Å²) < 4.78 is 13.6. The van der Waals surface area contributed by atoms with Gasteiger partial charge >= 0.3 is 5.97 Å². The summed E-state index contributed by atoms with van der Waals surface area (Å²) in [6.07, 6.45) is 3.93. The lowest BCUT2D eigenvalue weighted by atomic mass is 10.2. The summed E-state index contributed by atoms with van der Waals surface area (Å²) in [6, 6.07) is 4.16. The number of nitrogens with one attached hydrogen (secondary N) is 1. The number of amides is 1. The smallest absolute Gasteiger partial charge is 0.328 e. The lowest BCUT2D eigenvalue weighted by molar-refractivity contribution is -0.131. The van der Waals surface area contributed by atoms with Gasteiger partial charge in [0.1, 0.15) is 5.82 Å². The molecule has 5 heteroatoms. The molecule has 0 aliphatic heterocycles. The molecule has 1 amide bonds. The van der Waals surface area contributed by atoms with Crippen LogP contribution in [0, 0.1) is 11.7 Å². The number of rotatable bonds is 4. The van der Waals surface area contributed by atoms with Gasteiger partial charge in [-0.2, -0.15) is 0 Å². The first-order valence-electron chi connectivity index (χ1n) is 5.57. The molecule has 0 heterocycles. The van der Waals surface area contributed by atoms with Crippen molar-refractivity contribution in [2.75, 3.05) is 5.32 Å². The maximum Gasteiger partial charge on any atom is 0.328 e. The third-order valence-electron chi connectivity index (χ3n) is 2.62. The lowest BCUT2D eigenvalue weighted by Gasteiger charge is -2.06. The molecule has 1 aliphatic carbocycles. The van der Waals surface area contributed by atoms with Crippen molar-refractivity contribution in [1.29, 1.82) is 0 Å². The molecular formula is C13H12FNO3. The van der Waals surface area contributed by atoms with E-state index >= 15 is 0 Å². The molecule has 0 aromatic heterocycles. The molecule has 4 nitrogen and oxygen atoms in total. The highest BCUT2D eigenvalue weighted by atomic mass is 19.1. The van der Waals surface area contributed by atoms with Gasteiger partial charge < -0.3 is 10.4 Å². The van der Waals surface area contributed by atoms with Crippen LogP contribution in [0.2, 0.25) is 0 Å². The Labute approximate surface area is 103 Å². The van der Waals surface area contributed by atoms with E-state index < -0.39 is 11.8 Å². The van der Waals surface area contributed by atoms with Crippen molar-refractivity contribution in [3.8, 4) is 0 Å². The second-order valence-electron chi connectivity index (χ2n) is 4.17. The summed E-state index contributed by atoms with van der Waals surface area (Å²) in [5.74, 6) is -1.82. The second kappa shape index (κ2) is 5.00. The van der Waals surface area contributed by atoms with Crippen LogP contribution in [-0.4, -0.2) is 17.0 Å². The number of aliphatic carboxylic acids is 1. The minimum Gasteiger partial charge on any atom is -0.478 e. The summed E-state index contributed by atoms with van der Waals surface area (Å²) >= 11 is 0. The Morgan fingerprint density at radius 1 is 1.39 bits per heavy atom. The number of carboxylic acids is 1. The molecular weight excluding hydrogens is 237 g/mol. The predicted molar refractivity (Wildman–Crippen MR) is 64.4 cm³/mol. The fourth-order valence-corrected chi connectivity index (χ4v) is 1.48. The van der Waals surface area contributed by atoms with Crippen LogP contribution in [-0.2, 0) is 9.59 Å². The Kier molecular flexibility index (Phi) is 3.41. The Hall–Kier alpha value is -2.17. The number of hydrogen-bond donors (Lipinski definition) is 2. The predicted octanol–water partition coefficient (Wildman–Crippen LogP) is 2.27. The van der Waals surface area contributed by atoms with Gasteiger partial charge in [-0.1, -0.05) is 6.07 Å². The van der Waals surface area contributed by atoms with Crippen molar-refractivity contribution in [3.05, 3.63) is 35.7 Å². The molecule has 0 bridgehead atoms.